The molecule has 3 unspecified atom stereocenters. The fourth-order valence-electron chi connectivity index (χ4n) is 3.56. The standard InChI is InChI=1S/C14H15Cl2NO5S/c1-22-10-4-5-11(13(16)12(10)15)23(20,21)17-7-2-3-9(17)8(6-7)14(18)19/h4-5,7-9H,2-3,6H2,1H3,(H,18,19). The van der Waals surface area contributed by atoms with Gasteiger partial charge in [0.15, 0.2) is 0 Å². The number of carboxylic acid groups (broad SMARTS) is 1. The van der Waals surface area contributed by atoms with E-state index in [-0.39, 0.29) is 26.7 Å². The van der Waals surface area contributed by atoms with Gasteiger partial charge in [-0.05, 0) is 31.4 Å². The lowest BCUT2D eigenvalue weighted by Gasteiger charge is -2.23. The van der Waals surface area contributed by atoms with Gasteiger partial charge in [-0.1, -0.05) is 23.2 Å². The molecule has 0 aromatic heterocycles. The zero-order valence-electron chi connectivity index (χ0n) is 12.2. The van der Waals surface area contributed by atoms with E-state index >= 15 is 0 Å². The van der Waals surface area contributed by atoms with Gasteiger partial charge in [0.25, 0.3) is 0 Å². The van der Waals surface area contributed by atoms with E-state index in [0.29, 0.717) is 19.3 Å². The van der Waals surface area contributed by atoms with Crippen molar-refractivity contribution in [2.75, 3.05) is 7.11 Å². The zero-order valence-corrected chi connectivity index (χ0v) is 14.5. The first-order valence-corrected chi connectivity index (χ1v) is 9.27. The van der Waals surface area contributed by atoms with E-state index in [1.165, 1.54) is 23.5 Å². The quantitative estimate of drug-likeness (QED) is 0.868. The first-order chi connectivity index (χ1) is 10.8. The molecule has 6 nitrogen and oxygen atoms in total. The summed E-state index contributed by atoms with van der Waals surface area (Å²) in [4.78, 5) is 11.2. The highest BCUT2D eigenvalue weighted by Gasteiger charge is 2.54. The molecule has 1 N–H and O–H groups in total. The number of ether oxygens (including phenoxy) is 1. The molecule has 126 valence electrons. The van der Waals surface area contributed by atoms with Crippen molar-refractivity contribution < 1.29 is 23.1 Å². The third-order valence-corrected chi connectivity index (χ3v) is 7.57. The molecular weight excluding hydrogens is 365 g/mol. The summed E-state index contributed by atoms with van der Waals surface area (Å²) in [5.74, 6) is -1.35. The van der Waals surface area contributed by atoms with Crippen LogP contribution in [-0.4, -0.2) is 43.0 Å². The summed E-state index contributed by atoms with van der Waals surface area (Å²) in [5, 5.41) is 9.19. The van der Waals surface area contributed by atoms with Crippen molar-refractivity contribution in [1.82, 2.24) is 4.31 Å². The van der Waals surface area contributed by atoms with E-state index in [1.807, 2.05) is 0 Å². The van der Waals surface area contributed by atoms with E-state index in [9.17, 15) is 18.3 Å². The molecule has 2 bridgehead atoms. The Morgan fingerprint density at radius 2 is 2.00 bits per heavy atom. The number of carboxylic acids is 1. The molecule has 1 aromatic rings. The second-order valence-corrected chi connectivity index (χ2v) is 8.28. The van der Waals surface area contributed by atoms with E-state index in [1.54, 1.807) is 0 Å². The number of fused-ring (bicyclic) bond motifs is 2. The van der Waals surface area contributed by atoms with Gasteiger partial charge in [0.05, 0.1) is 18.1 Å². The lowest BCUT2D eigenvalue weighted by atomic mass is 9.89. The summed E-state index contributed by atoms with van der Waals surface area (Å²) < 4.78 is 32.3. The molecule has 2 aliphatic rings. The number of hydrogen-bond donors (Lipinski definition) is 1. The van der Waals surface area contributed by atoms with E-state index in [0.717, 1.165) is 0 Å². The normalized spacial score (nSPS) is 27.3. The second-order valence-electron chi connectivity index (χ2n) is 5.71. The lowest BCUT2D eigenvalue weighted by Crippen LogP contribution is -2.38. The van der Waals surface area contributed by atoms with Gasteiger partial charge in [-0.15, -0.1) is 0 Å². The molecule has 2 saturated heterocycles. The summed E-state index contributed by atoms with van der Waals surface area (Å²) in [6.45, 7) is 0. The van der Waals surface area contributed by atoms with Crippen molar-refractivity contribution in [3.8, 4) is 5.75 Å². The van der Waals surface area contributed by atoms with Crippen molar-refractivity contribution in [2.24, 2.45) is 5.92 Å². The highest BCUT2D eigenvalue weighted by Crippen LogP contribution is 2.47. The summed E-state index contributed by atoms with van der Waals surface area (Å²) in [5.41, 5.74) is 0. The van der Waals surface area contributed by atoms with Gasteiger partial charge < -0.3 is 9.84 Å². The maximum absolute atomic E-state index is 13.0. The first-order valence-electron chi connectivity index (χ1n) is 7.07. The number of aliphatic carboxylic acids is 1. The van der Waals surface area contributed by atoms with E-state index in [4.69, 9.17) is 27.9 Å². The molecule has 9 heteroatoms. The second kappa shape index (κ2) is 5.81. The molecule has 0 amide bonds. The Labute approximate surface area is 144 Å². The largest absolute Gasteiger partial charge is 0.495 e. The Kier molecular flexibility index (Phi) is 4.25. The van der Waals surface area contributed by atoms with Crippen LogP contribution in [-0.2, 0) is 14.8 Å². The van der Waals surface area contributed by atoms with Crippen LogP contribution in [0.5, 0.6) is 5.75 Å². The highest BCUT2D eigenvalue weighted by atomic mass is 35.5. The fourth-order valence-corrected chi connectivity index (χ4v) is 6.30. The van der Waals surface area contributed by atoms with Gasteiger partial charge in [-0.25, -0.2) is 8.42 Å². The Morgan fingerprint density at radius 1 is 1.30 bits per heavy atom. The molecule has 1 aromatic carbocycles. The Hall–Kier alpha value is -1.02. The van der Waals surface area contributed by atoms with Crippen molar-refractivity contribution in [2.45, 2.75) is 36.2 Å². The minimum atomic E-state index is -3.92. The monoisotopic (exact) mass is 379 g/mol. The van der Waals surface area contributed by atoms with E-state index < -0.39 is 28.0 Å². The van der Waals surface area contributed by atoms with Gasteiger partial charge >= 0.3 is 5.97 Å². The molecule has 2 heterocycles. The Balaban J connectivity index is 2.04. The predicted molar refractivity (Wildman–Crippen MR) is 84.6 cm³/mol. The van der Waals surface area contributed by atoms with Crippen LogP contribution in [0.2, 0.25) is 10.0 Å². The van der Waals surface area contributed by atoms with E-state index in [2.05, 4.69) is 0 Å². The molecule has 2 fully saturated rings. The minimum absolute atomic E-state index is 0.0246. The van der Waals surface area contributed by atoms with Gasteiger partial charge in [-0.2, -0.15) is 4.31 Å². The maximum Gasteiger partial charge on any atom is 0.308 e. The van der Waals surface area contributed by atoms with Gasteiger partial charge in [0, 0.05) is 12.1 Å². The average molecular weight is 380 g/mol. The van der Waals surface area contributed by atoms with Crippen LogP contribution in [0.15, 0.2) is 17.0 Å². The molecule has 2 aliphatic heterocycles. The van der Waals surface area contributed by atoms with Gasteiger partial charge in [-0.3, -0.25) is 4.79 Å². The highest BCUT2D eigenvalue weighted by molar-refractivity contribution is 7.89. The topological polar surface area (TPSA) is 83.9 Å². The van der Waals surface area contributed by atoms with Crippen LogP contribution in [0.1, 0.15) is 19.3 Å². The van der Waals surface area contributed by atoms with Crippen LogP contribution in [0, 0.1) is 5.92 Å². The van der Waals surface area contributed by atoms with Crippen molar-refractivity contribution in [3.05, 3.63) is 22.2 Å². The van der Waals surface area contributed by atoms with Crippen LogP contribution >= 0.6 is 23.2 Å². The number of hydrogen-bond acceptors (Lipinski definition) is 4. The van der Waals surface area contributed by atoms with Gasteiger partial charge in [0.1, 0.15) is 15.7 Å². The van der Waals surface area contributed by atoms with Crippen molar-refractivity contribution >= 4 is 39.2 Å². The number of benzene rings is 1. The van der Waals surface area contributed by atoms with Crippen LogP contribution in [0.25, 0.3) is 0 Å². The molecule has 3 atom stereocenters. The number of nitrogens with zero attached hydrogens (tertiary/aromatic N) is 1. The summed E-state index contributed by atoms with van der Waals surface area (Å²) in [6, 6.07) is 1.95. The summed E-state index contributed by atoms with van der Waals surface area (Å²) in [7, 11) is -2.51. The SMILES string of the molecule is COc1ccc(S(=O)(=O)N2C3CCC2C(C(=O)O)C3)c(Cl)c1Cl. The van der Waals surface area contributed by atoms with Crippen LogP contribution in [0.3, 0.4) is 0 Å². The molecule has 0 radical (unpaired) electrons. The number of halogens is 2. The maximum atomic E-state index is 13.0. The summed E-state index contributed by atoms with van der Waals surface area (Å²) in [6.07, 6.45) is 1.54. The molecule has 3 rings (SSSR count). The lowest BCUT2D eigenvalue weighted by molar-refractivity contribution is -0.142. The number of carbonyl (C=O) groups is 1. The fraction of sp³-hybridized carbons (Fsp3) is 0.500. The Morgan fingerprint density at radius 3 is 2.57 bits per heavy atom. The van der Waals surface area contributed by atoms with Crippen LogP contribution < -0.4 is 4.74 Å². The Bertz CT molecular complexity index is 767. The molecular formula is C14H15Cl2NO5S. The summed E-state index contributed by atoms with van der Waals surface area (Å²) >= 11 is 12.2. The molecule has 23 heavy (non-hydrogen) atoms. The smallest absolute Gasteiger partial charge is 0.308 e. The van der Waals surface area contributed by atoms with Crippen molar-refractivity contribution in [3.63, 3.8) is 0 Å². The first kappa shape index (κ1) is 16.8. The molecule has 0 spiro atoms. The average Bonchev–Trinajstić information content (AvgIpc) is 3.08. The number of rotatable bonds is 4. The molecule has 0 aliphatic carbocycles. The zero-order chi connectivity index (χ0) is 16.9. The third-order valence-electron chi connectivity index (χ3n) is 4.58. The predicted octanol–water partition coefficient (Wildman–Crippen LogP) is 2.63. The third kappa shape index (κ3) is 2.50. The van der Waals surface area contributed by atoms with Gasteiger partial charge in [0.2, 0.25) is 10.0 Å². The minimum Gasteiger partial charge on any atom is -0.495 e. The molecule has 0 saturated carbocycles. The van der Waals surface area contributed by atoms with Crippen LogP contribution in [0.4, 0.5) is 0 Å². The van der Waals surface area contributed by atoms with Crippen molar-refractivity contribution in [1.29, 1.82) is 0 Å². The number of methoxy groups -OCH3 is 1. The number of sulfonamides is 1.